The van der Waals surface area contributed by atoms with Crippen molar-refractivity contribution in [3.63, 3.8) is 0 Å². The Bertz CT molecular complexity index is 1090. The van der Waals surface area contributed by atoms with Crippen LogP contribution in [-0.2, 0) is 10.0 Å². The Hall–Kier alpha value is -2.45. The number of fused-ring (bicyclic) bond motifs is 1. The number of aromatic amines is 1. The zero-order valence-electron chi connectivity index (χ0n) is 13.5. The van der Waals surface area contributed by atoms with Crippen molar-refractivity contribution >= 4 is 20.9 Å². The van der Waals surface area contributed by atoms with E-state index in [0.717, 1.165) is 31.2 Å². The minimum Gasteiger partial charge on any atom is -0.328 e. The van der Waals surface area contributed by atoms with E-state index in [1.54, 1.807) is 18.3 Å². The molecule has 25 heavy (non-hydrogen) atoms. The summed E-state index contributed by atoms with van der Waals surface area (Å²) in [6.45, 7) is 0. The molecule has 0 saturated heterocycles. The second-order valence-corrected chi connectivity index (χ2v) is 7.93. The number of H-pyrrole nitrogens is 1. The van der Waals surface area contributed by atoms with Gasteiger partial charge in [-0.05, 0) is 31.0 Å². The average Bonchev–Trinajstić information content (AvgIpc) is 3.22. The molecule has 0 unspecified atom stereocenters. The normalized spacial score (nSPS) is 15.9. The molecule has 0 aliphatic heterocycles. The van der Waals surface area contributed by atoms with E-state index < -0.39 is 10.0 Å². The van der Waals surface area contributed by atoms with Crippen LogP contribution in [0.15, 0.2) is 46.2 Å². The number of sulfonamides is 1. The van der Waals surface area contributed by atoms with Gasteiger partial charge in [0.25, 0.3) is 5.56 Å². The summed E-state index contributed by atoms with van der Waals surface area (Å²) in [5.41, 5.74) is 1.85. The number of hydrogen-bond donors (Lipinski definition) is 2. The number of aromatic nitrogens is 3. The summed E-state index contributed by atoms with van der Waals surface area (Å²) in [5.74, 6) is 0. The summed E-state index contributed by atoms with van der Waals surface area (Å²) in [4.78, 5) is 15.1. The topological polar surface area (TPSA) is 111 Å². The van der Waals surface area contributed by atoms with Crippen LogP contribution in [0.4, 0.5) is 0 Å². The molecule has 8 heteroatoms. The molecule has 3 N–H and O–H groups in total. The van der Waals surface area contributed by atoms with E-state index >= 15 is 0 Å². The van der Waals surface area contributed by atoms with Crippen molar-refractivity contribution in [1.29, 1.82) is 0 Å². The summed E-state index contributed by atoms with van der Waals surface area (Å²) >= 11 is 0. The Morgan fingerprint density at radius 1 is 1.12 bits per heavy atom. The first-order valence-electron chi connectivity index (χ1n) is 8.18. The van der Waals surface area contributed by atoms with Crippen molar-refractivity contribution in [1.82, 2.24) is 14.8 Å². The maximum Gasteiger partial charge on any atom is 0.259 e. The highest BCUT2D eigenvalue weighted by Crippen LogP contribution is 2.34. The van der Waals surface area contributed by atoms with Crippen LogP contribution in [-0.4, -0.2) is 23.2 Å². The zero-order chi connectivity index (χ0) is 17.6. The Balaban J connectivity index is 1.91. The van der Waals surface area contributed by atoms with Gasteiger partial charge in [0.1, 0.15) is 5.69 Å². The maximum absolute atomic E-state index is 12.4. The number of pyridine rings is 1. The van der Waals surface area contributed by atoms with Gasteiger partial charge in [-0.1, -0.05) is 25.0 Å². The zero-order valence-corrected chi connectivity index (χ0v) is 14.3. The van der Waals surface area contributed by atoms with Gasteiger partial charge in [0.15, 0.2) is 0 Å². The molecule has 1 saturated carbocycles. The van der Waals surface area contributed by atoms with Crippen molar-refractivity contribution < 1.29 is 8.42 Å². The number of primary sulfonamides is 1. The molecule has 0 amide bonds. The van der Waals surface area contributed by atoms with Crippen molar-refractivity contribution in [3.05, 3.63) is 46.9 Å². The molecule has 4 rings (SSSR count). The van der Waals surface area contributed by atoms with Gasteiger partial charge in [-0.25, -0.2) is 13.6 Å². The second-order valence-electron chi connectivity index (χ2n) is 6.37. The van der Waals surface area contributed by atoms with Crippen molar-refractivity contribution in [2.75, 3.05) is 0 Å². The van der Waals surface area contributed by atoms with E-state index in [1.807, 2.05) is 10.7 Å². The lowest BCUT2D eigenvalue weighted by atomic mass is 10.1. The number of benzene rings is 1. The van der Waals surface area contributed by atoms with Crippen molar-refractivity contribution in [3.8, 4) is 11.3 Å². The third-order valence-electron chi connectivity index (χ3n) is 4.76. The minimum atomic E-state index is -3.75. The summed E-state index contributed by atoms with van der Waals surface area (Å²) < 4.78 is 24.8. The van der Waals surface area contributed by atoms with E-state index in [2.05, 4.69) is 4.98 Å². The fourth-order valence-corrected chi connectivity index (χ4v) is 4.05. The van der Waals surface area contributed by atoms with Crippen LogP contribution >= 0.6 is 0 Å². The van der Waals surface area contributed by atoms with E-state index in [9.17, 15) is 13.2 Å². The highest BCUT2D eigenvalue weighted by Gasteiger charge is 2.23. The molecule has 1 fully saturated rings. The molecule has 2 heterocycles. The van der Waals surface area contributed by atoms with Crippen LogP contribution in [0.5, 0.6) is 0 Å². The molecule has 1 aromatic carbocycles. The van der Waals surface area contributed by atoms with Crippen LogP contribution in [0.3, 0.4) is 0 Å². The number of hydrogen-bond acceptors (Lipinski definition) is 4. The van der Waals surface area contributed by atoms with E-state index in [1.165, 1.54) is 12.1 Å². The van der Waals surface area contributed by atoms with Gasteiger partial charge in [0, 0.05) is 11.8 Å². The molecule has 1 aliphatic rings. The first kappa shape index (κ1) is 16.0. The molecule has 7 nitrogen and oxygen atoms in total. The summed E-state index contributed by atoms with van der Waals surface area (Å²) in [7, 11) is -3.75. The molecule has 1 aliphatic carbocycles. The maximum atomic E-state index is 12.4. The molecule has 2 aromatic heterocycles. The van der Waals surface area contributed by atoms with Gasteiger partial charge >= 0.3 is 0 Å². The second kappa shape index (κ2) is 5.82. The van der Waals surface area contributed by atoms with Gasteiger partial charge in [-0.3, -0.25) is 9.48 Å². The van der Waals surface area contributed by atoms with E-state index in [4.69, 9.17) is 10.2 Å². The third kappa shape index (κ3) is 2.77. The quantitative estimate of drug-likeness (QED) is 0.747. The third-order valence-corrected chi connectivity index (χ3v) is 5.69. The molecule has 0 spiro atoms. The van der Waals surface area contributed by atoms with Crippen molar-refractivity contribution in [2.45, 2.75) is 36.6 Å². The van der Waals surface area contributed by atoms with E-state index in [0.29, 0.717) is 22.7 Å². The smallest absolute Gasteiger partial charge is 0.259 e. The monoisotopic (exact) mass is 358 g/mol. The highest BCUT2D eigenvalue weighted by molar-refractivity contribution is 7.89. The number of nitrogens with one attached hydrogen (secondary N) is 1. The lowest BCUT2D eigenvalue weighted by Crippen LogP contribution is -2.11. The largest absolute Gasteiger partial charge is 0.328 e. The van der Waals surface area contributed by atoms with Crippen LogP contribution in [0.2, 0.25) is 0 Å². The van der Waals surface area contributed by atoms with Crippen molar-refractivity contribution in [2.24, 2.45) is 5.14 Å². The standard InChI is InChI=1S/C17H18N4O3S/c18-25(23,24)13-7-5-11(6-8-13)16-15-14(9-10-19-17(15)22)21(20-16)12-3-1-2-4-12/h5-10,12H,1-4H2,(H,19,22)(H2,18,23,24). The lowest BCUT2D eigenvalue weighted by molar-refractivity contribution is 0.483. The minimum absolute atomic E-state index is 0.0321. The predicted octanol–water partition coefficient (Wildman–Crippen LogP) is 2.15. The summed E-state index contributed by atoms with van der Waals surface area (Å²) in [6.07, 6.45) is 6.05. The molecular formula is C17H18N4O3S. The highest BCUT2D eigenvalue weighted by atomic mass is 32.2. The molecule has 3 aromatic rings. The van der Waals surface area contributed by atoms with Crippen LogP contribution in [0, 0.1) is 0 Å². The number of rotatable bonds is 3. The molecule has 0 bridgehead atoms. The first-order chi connectivity index (χ1) is 11.9. The predicted molar refractivity (Wildman–Crippen MR) is 94.7 cm³/mol. The first-order valence-corrected chi connectivity index (χ1v) is 9.73. The molecule has 130 valence electrons. The molecular weight excluding hydrogens is 340 g/mol. The van der Waals surface area contributed by atoms with Crippen LogP contribution < -0.4 is 10.7 Å². The SMILES string of the molecule is NS(=O)(=O)c1ccc(-c2nn(C3CCCC3)c3cc[nH]c(=O)c23)cc1. The lowest BCUT2D eigenvalue weighted by Gasteiger charge is -2.10. The van der Waals surface area contributed by atoms with Gasteiger partial charge < -0.3 is 4.98 Å². The Morgan fingerprint density at radius 2 is 1.80 bits per heavy atom. The fourth-order valence-electron chi connectivity index (χ4n) is 3.53. The Labute approximate surface area is 144 Å². The average molecular weight is 358 g/mol. The van der Waals surface area contributed by atoms with Gasteiger partial charge in [-0.2, -0.15) is 5.10 Å². The van der Waals surface area contributed by atoms with Crippen LogP contribution in [0.25, 0.3) is 22.2 Å². The number of nitrogens with zero attached hydrogens (tertiary/aromatic N) is 2. The summed E-state index contributed by atoms with van der Waals surface area (Å²) in [6, 6.07) is 8.29. The van der Waals surface area contributed by atoms with E-state index in [-0.39, 0.29) is 10.5 Å². The number of nitrogens with two attached hydrogens (primary N) is 1. The Morgan fingerprint density at radius 3 is 2.44 bits per heavy atom. The van der Waals surface area contributed by atoms with Gasteiger partial charge in [0.05, 0.1) is 21.8 Å². The molecule has 0 atom stereocenters. The fraction of sp³-hybridized carbons (Fsp3) is 0.294. The Kier molecular flexibility index (Phi) is 3.73. The van der Waals surface area contributed by atoms with Gasteiger partial charge in [-0.15, -0.1) is 0 Å². The molecule has 0 radical (unpaired) electrons. The van der Waals surface area contributed by atoms with Crippen LogP contribution in [0.1, 0.15) is 31.7 Å². The van der Waals surface area contributed by atoms with Gasteiger partial charge in [0.2, 0.25) is 10.0 Å². The summed E-state index contributed by atoms with van der Waals surface area (Å²) in [5, 5.41) is 10.4.